The van der Waals surface area contributed by atoms with Gasteiger partial charge in [0.2, 0.25) is 0 Å². The van der Waals surface area contributed by atoms with E-state index in [1.807, 2.05) is 30.3 Å². The molecule has 0 radical (unpaired) electrons. The SMILES string of the molecule is CCCCNC(=O)c1ccccc1NC(=S)NC(=O)c1ccccc1OCCOc1ccccc1. The van der Waals surface area contributed by atoms with Crippen molar-refractivity contribution in [3.05, 3.63) is 90.0 Å². The molecule has 3 aromatic carbocycles. The van der Waals surface area contributed by atoms with Crippen LogP contribution in [0.3, 0.4) is 0 Å². The Morgan fingerprint density at radius 2 is 1.46 bits per heavy atom. The Bertz CT molecular complexity index is 1140. The van der Waals surface area contributed by atoms with Crippen molar-refractivity contribution in [2.24, 2.45) is 0 Å². The van der Waals surface area contributed by atoms with Crippen LogP contribution in [0.15, 0.2) is 78.9 Å². The van der Waals surface area contributed by atoms with E-state index in [1.165, 1.54) is 0 Å². The van der Waals surface area contributed by atoms with Gasteiger partial charge in [0.1, 0.15) is 24.7 Å². The van der Waals surface area contributed by atoms with Gasteiger partial charge in [-0.15, -0.1) is 0 Å². The molecule has 8 heteroatoms. The van der Waals surface area contributed by atoms with E-state index in [0.29, 0.717) is 35.7 Å². The standard InChI is InChI=1S/C27H29N3O4S/c1-2-3-17-28-25(31)21-13-7-9-15-23(21)29-27(35)30-26(32)22-14-8-10-16-24(22)34-19-18-33-20-11-5-4-6-12-20/h4-16H,2-3,17-19H2,1H3,(H,28,31)(H2,29,30,32,35). The van der Waals surface area contributed by atoms with Gasteiger partial charge in [0.25, 0.3) is 11.8 Å². The number of unbranched alkanes of at least 4 members (excludes halogenated alkanes) is 1. The van der Waals surface area contributed by atoms with E-state index in [4.69, 9.17) is 21.7 Å². The monoisotopic (exact) mass is 491 g/mol. The molecule has 0 saturated heterocycles. The summed E-state index contributed by atoms with van der Waals surface area (Å²) >= 11 is 5.33. The number of rotatable bonds is 11. The summed E-state index contributed by atoms with van der Waals surface area (Å²) in [4.78, 5) is 25.4. The number of thiocarbonyl (C=S) groups is 1. The second-order valence-electron chi connectivity index (χ2n) is 7.57. The highest BCUT2D eigenvalue weighted by atomic mass is 32.1. The van der Waals surface area contributed by atoms with Crippen LogP contribution in [0.5, 0.6) is 11.5 Å². The summed E-state index contributed by atoms with van der Waals surface area (Å²) < 4.78 is 11.4. The molecule has 0 spiro atoms. The molecular formula is C27H29N3O4S. The van der Waals surface area contributed by atoms with Crippen molar-refractivity contribution in [3.63, 3.8) is 0 Å². The second-order valence-corrected chi connectivity index (χ2v) is 7.98. The maximum Gasteiger partial charge on any atom is 0.261 e. The van der Waals surface area contributed by atoms with Gasteiger partial charge in [-0.05, 0) is 55.0 Å². The van der Waals surface area contributed by atoms with Gasteiger partial charge >= 0.3 is 0 Å². The van der Waals surface area contributed by atoms with E-state index in [1.54, 1.807) is 48.5 Å². The van der Waals surface area contributed by atoms with Gasteiger partial charge in [-0.2, -0.15) is 0 Å². The first-order valence-electron chi connectivity index (χ1n) is 11.5. The largest absolute Gasteiger partial charge is 0.490 e. The van der Waals surface area contributed by atoms with Gasteiger partial charge in [-0.3, -0.25) is 14.9 Å². The van der Waals surface area contributed by atoms with E-state index in [2.05, 4.69) is 22.9 Å². The molecule has 2 amide bonds. The quantitative estimate of drug-likeness (QED) is 0.264. The molecule has 35 heavy (non-hydrogen) atoms. The first kappa shape index (κ1) is 25.7. The zero-order valence-electron chi connectivity index (χ0n) is 19.6. The van der Waals surface area contributed by atoms with Crippen molar-refractivity contribution in [2.45, 2.75) is 19.8 Å². The summed E-state index contributed by atoms with van der Waals surface area (Å²) in [7, 11) is 0. The Kier molecular flexibility index (Phi) is 10.1. The molecule has 0 atom stereocenters. The van der Waals surface area contributed by atoms with Gasteiger partial charge in [-0.25, -0.2) is 0 Å². The molecule has 0 saturated carbocycles. The Labute approximate surface area is 210 Å². The minimum Gasteiger partial charge on any atom is -0.490 e. The smallest absolute Gasteiger partial charge is 0.261 e. The fourth-order valence-electron chi connectivity index (χ4n) is 3.20. The summed E-state index contributed by atoms with van der Waals surface area (Å²) in [6.45, 7) is 3.25. The third kappa shape index (κ3) is 8.12. The third-order valence-corrected chi connectivity index (χ3v) is 5.15. The predicted molar refractivity (Wildman–Crippen MR) is 141 cm³/mol. The highest BCUT2D eigenvalue weighted by molar-refractivity contribution is 7.80. The first-order chi connectivity index (χ1) is 17.1. The second kappa shape index (κ2) is 13.7. The number of anilines is 1. The predicted octanol–water partition coefficient (Wildman–Crippen LogP) is 4.80. The maximum atomic E-state index is 12.9. The molecule has 0 heterocycles. The molecule has 3 aromatic rings. The molecule has 0 bridgehead atoms. The normalized spacial score (nSPS) is 10.2. The average molecular weight is 492 g/mol. The van der Waals surface area contributed by atoms with E-state index >= 15 is 0 Å². The number of carbonyl (C=O) groups excluding carboxylic acids is 2. The fraction of sp³-hybridized carbons (Fsp3) is 0.222. The number of hydrogen-bond acceptors (Lipinski definition) is 5. The molecule has 3 rings (SSSR count). The Hall–Kier alpha value is -3.91. The van der Waals surface area contributed by atoms with Gasteiger partial charge in [-0.1, -0.05) is 55.8 Å². The van der Waals surface area contributed by atoms with Gasteiger partial charge in [0, 0.05) is 6.54 Å². The maximum absolute atomic E-state index is 12.9. The van der Waals surface area contributed by atoms with Crippen LogP contribution in [0.2, 0.25) is 0 Å². The number of hydrogen-bond donors (Lipinski definition) is 3. The molecular weight excluding hydrogens is 462 g/mol. The van der Waals surface area contributed by atoms with Crippen LogP contribution in [0.1, 0.15) is 40.5 Å². The zero-order chi connectivity index (χ0) is 24.9. The Balaban J connectivity index is 1.56. The molecule has 0 aliphatic heterocycles. The van der Waals surface area contributed by atoms with E-state index in [9.17, 15) is 9.59 Å². The summed E-state index contributed by atoms with van der Waals surface area (Å²) in [6, 6.07) is 23.3. The van der Waals surface area contributed by atoms with Crippen molar-refractivity contribution in [2.75, 3.05) is 25.1 Å². The molecule has 7 nitrogen and oxygen atoms in total. The lowest BCUT2D eigenvalue weighted by Crippen LogP contribution is -2.35. The lowest BCUT2D eigenvalue weighted by Gasteiger charge is -2.15. The highest BCUT2D eigenvalue weighted by Crippen LogP contribution is 2.19. The van der Waals surface area contributed by atoms with Crippen LogP contribution in [0.25, 0.3) is 0 Å². The topological polar surface area (TPSA) is 88.7 Å². The molecule has 0 aliphatic rings. The number of benzene rings is 3. The van der Waals surface area contributed by atoms with Gasteiger partial charge in [0.15, 0.2) is 5.11 Å². The number of para-hydroxylation sites is 3. The molecule has 3 N–H and O–H groups in total. The van der Waals surface area contributed by atoms with Crippen molar-refractivity contribution in [1.82, 2.24) is 10.6 Å². The lowest BCUT2D eigenvalue weighted by molar-refractivity contribution is 0.0951. The van der Waals surface area contributed by atoms with Gasteiger partial charge in [0.05, 0.1) is 16.8 Å². The molecule has 0 fully saturated rings. The van der Waals surface area contributed by atoms with Crippen molar-refractivity contribution < 1.29 is 19.1 Å². The Morgan fingerprint density at radius 1 is 0.800 bits per heavy atom. The summed E-state index contributed by atoms with van der Waals surface area (Å²) in [5.74, 6) is 0.539. The van der Waals surface area contributed by atoms with E-state index in [0.717, 1.165) is 18.6 Å². The Morgan fingerprint density at radius 3 is 2.23 bits per heavy atom. The van der Waals surface area contributed by atoms with Crippen LogP contribution in [-0.2, 0) is 0 Å². The van der Waals surface area contributed by atoms with E-state index in [-0.39, 0.29) is 17.6 Å². The summed E-state index contributed by atoms with van der Waals surface area (Å²) in [5.41, 5.74) is 1.29. The summed E-state index contributed by atoms with van der Waals surface area (Å²) in [6.07, 6.45) is 1.89. The number of carbonyl (C=O) groups is 2. The van der Waals surface area contributed by atoms with Crippen molar-refractivity contribution >= 4 is 34.8 Å². The minimum absolute atomic E-state index is 0.0750. The highest BCUT2D eigenvalue weighted by Gasteiger charge is 2.16. The molecule has 182 valence electrons. The number of ether oxygens (including phenoxy) is 2. The number of amides is 2. The fourth-order valence-corrected chi connectivity index (χ4v) is 3.40. The number of nitrogens with one attached hydrogen (secondary N) is 3. The molecule has 0 aliphatic carbocycles. The molecule has 0 unspecified atom stereocenters. The van der Waals surface area contributed by atoms with Crippen LogP contribution in [-0.4, -0.2) is 36.7 Å². The average Bonchev–Trinajstić information content (AvgIpc) is 2.88. The molecule has 0 aromatic heterocycles. The summed E-state index contributed by atoms with van der Waals surface area (Å²) in [5, 5.41) is 8.57. The van der Waals surface area contributed by atoms with Crippen LogP contribution >= 0.6 is 12.2 Å². The van der Waals surface area contributed by atoms with Crippen LogP contribution < -0.4 is 25.4 Å². The zero-order valence-corrected chi connectivity index (χ0v) is 20.4. The first-order valence-corrected chi connectivity index (χ1v) is 11.9. The van der Waals surface area contributed by atoms with E-state index < -0.39 is 5.91 Å². The van der Waals surface area contributed by atoms with Crippen molar-refractivity contribution in [1.29, 1.82) is 0 Å². The lowest BCUT2D eigenvalue weighted by atomic mass is 10.1. The van der Waals surface area contributed by atoms with Crippen LogP contribution in [0, 0.1) is 0 Å². The van der Waals surface area contributed by atoms with Crippen molar-refractivity contribution in [3.8, 4) is 11.5 Å². The van der Waals surface area contributed by atoms with Crippen LogP contribution in [0.4, 0.5) is 5.69 Å². The minimum atomic E-state index is -0.424. The third-order valence-electron chi connectivity index (χ3n) is 4.95. The van der Waals surface area contributed by atoms with Gasteiger partial charge < -0.3 is 20.1 Å².